The van der Waals surface area contributed by atoms with Crippen LogP contribution < -0.4 is 11.1 Å². The molecule has 0 saturated carbocycles. The largest absolute Gasteiger partial charge is 0.399 e. The lowest BCUT2D eigenvalue weighted by Gasteiger charge is -2.18. The molecule has 1 aromatic carbocycles. The normalized spacial score (nSPS) is 12.4. The third-order valence-electron chi connectivity index (χ3n) is 2.64. The lowest BCUT2D eigenvalue weighted by atomic mass is 10.2. The van der Waals surface area contributed by atoms with Gasteiger partial charge in [0, 0.05) is 25.4 Å². The van der Waals surface area contributed by atoms with Gasteiger partial charge in [0.2, 0.25) is 5.91 Å². The van der Waals surface area contributed by atoms with Crippen molar-refractivity contribution in [2.45, 2.75) is 19.5 Å². The number of ether oxygens (including phenoxy) is 1. The topological polar surface area (TPSA) is 67.6 Å². The first kappa shape index (κ1) is 15.5. The number of rotatable bonds is 7. The van der Waals surface area contributed by atoms with Crippen molar-refractivity contribution in [2.24, 2.45) is 0 Å². The molecule has 5 heteroatoms. The number of nitrogens with one attached hydrogen (secondary N) is 1. The quantitative estimate of drug-likeness (QED) is 0.717. The van der Waals surface area contributed by atoms with Crippen molar-refractivity contribution in [1.82, 2.24) is 10.2 Å². The molecule has 1 atom stereocenters. The van der Waals surface area contributed by atoms with Crippen molar-refractivity contribution in [3.63, 3.8) is 0 Å². The standard InChI is InChI=1S/C14H23N3O2/c1-11(10-19-3)16-14(18)9-17(2)8-12-5-4-6-13(15)7-12/h4-7,11H,8-10,15H2,1-3H3,(H,16,18). The number of nitrogens with zero attached hydrogens (tertiary/aromatic N) is 1. The van der Waals surface area contributed by atoms with Crippen LogP contribution in [0.5, 0.6) is 0 Å². The molecule has 0 aliphatic rings. The van der Waals surface area contributed by atoms with Gasteiger partial charge in [0.15, 0.2) is 0 Å². The number of hydrogen-bond donors (Lipinski definition) is 2. The zero-order valence-electron chi connectivity index (χ0n) is 11.8. The van der Waals surface area contributed by atoms with Crippen molar-refractivity contribution < 1.29 is 9.53 Å². The Morgan fingerprint density at radius 3 is 2.89 bits per heavy atom. The van der Waals surface area contributed by atoms with E-state index in [-0.39, 0.29) is 11.9 Å². The van der Waals surface area contributed by atoms with Gasteiger partial charge in [0.05, 0.1) is 13.2 Å². The third-order valence-corrected chi connectivity index (χ3v) is 2.64. The highest BCUT2D eigenvalue weighted by molar-refractivity contribution is 5.78. The van der Waals surface area contributed by atoms with Gasteiger partial charge in [-0.3, -0.25) is 9.69 Å². The molecule has 1 amide bonds. The predicted molar refractivity (Wildman–Crippen MR) is 76.7 cm³/mol. The number of likely N-dealkylation sites (N-methyl/N-ethyl adjacent to an activating group) is 1. The monoisotopic (exact) mass is 265 g/mol. The highest BCUT2D eigenvalue weighted by atomic mass is 16.5. The molecule has 0 spiro atoms. The smallest absolute Gasteiger partial charge is 0.234 e. The van der Waals surface area contributed by atoms with E-state index in [4.69, 9.17) is 10.5 Å². The number of nitrogens with two attached hydrogens (primary N) is 1. The highest BCUT2D eigenvalue weighted by Gasteiger charge is 2.10. The Kier molecular flexibility index (Phi) is 6.32. The number of methoxy groups -OCH3 is 1. The average molecular weight is 265 g/mol. The summed E-state index contributed by atoms with van der Waals surface area (Å²) >= 11 is 0. The van der Waals surface area contributed by atoms with Gasteiger partial charge in [-0.1, -0.05) is 12.1 Å². The Hall–Kier alpha value is -1.59. The Bertz CT molecular complexity index is 409. The second kappa shape index (κ2) is 7.76. The van der Waals surface area contributed by atoms with Crippen molar-refractivity contribution in [1.29, 1.82) is 0 Å². The van der Waals surface area contributed by atoms with Crippen LogP contribution in [0.2, 0.25) is 0 Å². The first-order chi connectivity index (χ1) is 9.01. The predicted octanol–water partition coefficient (Wildman–Crippen LogP) is 0.852. The molecule has 19 heavy (non-hydrogen) atoms. The van der Waals surface area contributed by atoms with E-state index in [1.807, 2.05) is 43.1 Å². The molecule has 0 fully saturated rings. The zero-order valence-corrected chi connectivity index (χ0v) is 11.8. The number of benzene rings is 1. The summed E-state index contributed by atoms with van der Waals surface area (Å²) in [5, 5.41) is 2.88. The van der Waals surface area contributed by atoms with Gasteiger partial charge >= 0.3 is 0 Å². The average Bonchev–Trinajstić information content (AvgIpc) is 2.28. The SMILES string of the molecule is COCC(C)NC(=O)CN(C)Cc1cccc(N)c1. The third kappa shape index (κ3) is 6.22. The van der Waals surface area contributed by atoms with Crippen LogP contribution in [0.25, 0.3) is 0 Å². The summed E-state index contributed by atoms with van der Waals surface area (Å²) in [6.07, 6.45) is 0. The van der Waals surface area contributed by atoms with E-state index in [1.165, 1.54) is 0 Å². The highest BCUT2D eigenvalue weighted by Crippen LogP contribution is 2.08. The molecule has 1 rings (SSSR count). The van der Waals surface area contributed by atoms with Gasteiger partial charge in [-0.2, -0.15) is 0 Å². The van der Waals surface area contributed by atoms with E-state index in [1.54, 1.807) is 7.11 Å². The maximum absolute atomic E-state index is 11.8. The fraction of sp³-hybridized carbons (Fsp3) is 0.500. The summed E-state index contributed by atoms with van der Waals surface area (Å²) in [5.41, 5.74) is 7.56. The summed E-state index contributed by atoms with van der Waals surface area (Å²) in [6, 6.07) is 7.71. The molecule has 5 nitrogen and oxygen atoms in total. The number of nitrogen functional groups attached to an aromatic ring is 1. The first-order valence-electron chi connectivity index (χ1n) is 6.32. The van der Waals surface area contributed by atoms with Crippen molar-refractivity contribution in [3.8, 4) is 0 Å². The van der Waals surface area contributed by atoms with E-state index >= 15 is 0 Å². The second-order valence-corrected chi connectivity index (χ2v) is 4.84. The minimum absolute atomic E-state index is 0.00375. The van der Waals surface area contributed by atoms with Gasteiger partial charge in [-0.05, 0) is 31.7 Å². The molecular weight excluding hydrogens is 242 g/mol. The van der Waals surface area contributed by atoms with Crippen molar-refractivity contribution >= 4 is 11.6 Å². The molecule has 0 bridgehead atoms. The molecule has 1 aromatic rings. The summed E-state index contributed by atoms with van der Waals surface area (Å²) in [4.78, 5) is 13.7. The van der Waals surface area contributed by atoms with Crippen molar-refractivity contribution in [2.75, 3.05) is 33.0 Å². The molecule has 0 heterocycles. The first-order valence-corrected chi connectivity index (χ1v) is 6.32. The van der Waals surface area contributed by atoms with Crippen LogP contribution in [0, 0.1) is 0 Å². The molecule has 1 unspecified atom stereocenters. The molecule has 0 aliphatic heterocycles. The molecule has 0 saturated heterocycles. The van der Waals surface area contributed by atoms with Crippen LogP contribution in [-0.4, -0.2) is 44.2 Å². The van der Waals surface area contributed by atoms with E-state index in [2.05, 4.69) is 5.32 Å². The fourth-order valence-electron chi connectivity index (χ4n) is 1.92. The number of carbonyl (C=O) groups is 1. The van der Waals surface area contributed by atoms with Crippen LogP contribution in [0.15, 0.2) is 24.3 Å². The van der Waals surface area contributed by atoms with Crippen LogP contribution in [0.1, 0.15) is 12.5 Å². The maximum atomic E-state index is 11.8. The molecule has 0 aromatic heterocycles. The summed E-state index contributed by atoms with van der Waals surface area (Å²) in [5.74, 6) is -0.00375. The van der Waals surface area contributed by atoms with Crippen LogP contribution in [0.3, 0.4) is 0 Å². The van der Waals surface area contributed by atoms with Crippen LogP contribution in [-0.2, 0) is 16.1 Å². The maximum Gasteiger partial charge on any atom is 0.234 e. The van der Waals surface area contributed by atoms with Crippen LogP contribution >= 0.6 is 0 Å². The Balaban J connectivity index is 2.38. The molecule has 0 aliphatic carbocycles. The zero-order chi connectivity index (χ0) is 14.3. The second-order valence-electron chi connectivity index (χ2n) is 4.84. The molecule has 106 valence electrons. The minimum atomic E-state index is -0.00375. The number of carbonyl (C=O) groups excluding carboxylic acids is 1. The van der Waals surface area contributed by atoms with Gasteiger partial charge in [-0.15, -0.1) is 0 Å². The van der Waals surface area contributed by atoms with Gasteiger partial charge in [0.1, 0.15) is 0 Å². The molecule has 3 N–H and O–H groups in total. The van der Waals surface area contributed by atoms with Crippen LogP contribution in [0.4, 0.5) is 5.69 Å². The van der Waals surface area contributed by atoms with Gasteiger partial charge < -0.3 is 15.8 Å². The van der Waals surface area contributed by atoms with Crippen molar-refractivity contribution in [3.05, 3.63) is 29.8 Å². The summed E-state index contributed by atoms with van der Waals surface area (Å²) in [7, 11) is 3.53. The van der Waals surface area contributed by atoms with E-state index < -0.39 is 0 Å². The lowest BCUT2D eigenvalue weighted by molar-refractivity contribution is -0.123. The number of hydrogen-bond acceptors (Lipinski definition) is 4. The summed E-state index contributed by atoms with van der Waals surface area (Å²) < 4.78 is 4.98. The number of amides is 1. The van der Waals surface area contributed by atoms with E-state index in [0.717, 1.165) is 11.3 Å². The van der Waals surface area contributed by atoms with Gasteiger partial charge in [-0.25, -0.2) is 0 Å². The molecular formula is C14H23N3O2. The lowest BCUT2D eigenvalue weighted by Crippen LogP contribution is -2.41. The Morgan fingerprint density at radius 2 is 2.26 bits per heavy atom. The van der Waals surface area contributed by atoms with Gasteiger partial charge in [0.25, 0.3) is 0 Å². The van der Waals surface area contributed by atoms with E-state index in [9.17, 15) is 4.79 Å². The number of anilines is 1. The molecule has 0 radical (unpaired) electrons. The Morgan fingerprint density at radius 1 is 1.53 bits per heavy atom. The van der Waals surface area contributed by atoms with E-state index in [0.29, 0.717) is 19.7 Å². The fourth-order valence-corrected chi connectivity index (χ4v) is 1.92. The summed E-state index contributed by atoms with van der Waals surface area (Å²) in [6.45, 7) is 3.48. The Labute approximate surface area is 114 Å². The minimum Gasteiger partial charge on any atom is -0.399 e.